The van der Waals surface area contributed by atoms with Crippen molar-refractivity contribution in [1.82, 2.24) is 9.88 Å². The van der Waals surface area contributed by atoms with E-state index in [1.807, 2.05) is 0 Å². The number of primary sulfonamides is 1. The topological polar surface area (TPSA) is 111 Å². The van der Waals surface area contributed by atoms with E-state index in [1.54, 1.807) is 10.8 Å². The lowest BCUT2D eigenvalue weighted by Gasteiger charge is -2.08. The third-order valence-electron chi connectivity index (χ3n) is 3.22. The van der Waals surface area contributed by atoms with Crippen molar-refractivity contribution in [1.29, 1.82) is 0 Å². The number of aromatic nitrogens is 1. The molecule has 0 spiro atoms. The van der Waals surface area contributed by atoms with Crippen LogP contribution in [0.1, 0.15) is 35.8 Å². The first kappa shape index (κ1) is 16.2. The predicted molar refractivity (Wildman–Crippen MR) is 80.0 cm³/mol. The zero-order valence-electron chi connectivity index (χ0n) is 11.7. The third-order valence-corrected chi connectivity index (χ3v) is 4.96. The van der Waals surface area contributed by atoms with E-state index in [1.165, 1.54) is 12.3 Å². The number of nitrogens with two attached hydrogens (primary N) is 1. The number of carbonyl (C=O) groups is 1. The highest BCUT2D eigenvalue weighted by Crippen LogP contribution is 2.37. The second-order valence-corrected chi connectivity index (χ2v) is 8.25. The van der Waals surface area contributed by atoms with Gasteiger partial charge in [0.2, 0.25) is 10.0 Å². The van der Waals surface area contributed by atoms with Gasteiger partial charge in [-0.2, -0.15) is 0 Å². The Balaban J connectivity index is 2.09. The highest BCUT2D eigenvalue weighted by atomic mass is 32.2. The number of amides is 1. The average Bonchev–Trinajstić information content (AvgIpc) is 3.11. The fourth-order valence-electron chi connectivity index (χ4n) is 2.01. The largest absolute Gasteiger partial charge is 0.351 e. The summed E-state index contributed by atoms with van der Waals surface area (Å²) in [7, 11) is -4.71. The number of sulfonamides is 1. The molecule has 1 aromatic rings. The van der Waals surface area contributed by atoms with Gasteiger partial charge in [-0.3, -0.25) is 9.00 Å². The first-order chi connectivity index (χ1) is 9.79. The van der Waals surface area contributed by atoms with Gasteiger partial charge in [-0.1, -0.05) is 0 Å². The van der Waals surface area contributed by atoms with Crippen molar-refractivity contribution < 1.29 is 17.4 Å². The highest BCUT2D eigenvalue weighted by Gasteiger charge is 2.29. The van der Waals surface area contributed by atoms with Crippen molar-refractivity contribution in [3.63, 3.8) is 0 Å². The van der Waals surface area contributed by atoms with Crippen LogP contribution in [0.15, 0.2) is 17.2 Å². The maximum absolute atomic E-state index is 12.1. The highest BCUT2D eigenvalue weighted by molar-refractivity contribution is 7.89. The molecule has 2 rings (SSSR count). The van der Waals surface area contributed by atoms with Crippen molar-refractivity contribution in [3.05, 3.63) is 18.0 Å². The summed E-state index contributed by atoms with van der Waals surface area (Å²) in [5.74, 6) is 0.186. The number of nitrogens with one attached hydrogen (secondary N) is 1. The molecule has 9 heteroatoms. The molecule has 0 radical (unpaired) electrons. The summed E-state index contributed by atoms with van der Waals surface area (Å²) in [6.07, 6.45) is 5.49. The first-order valence-electron chi connectivity index (χ1n) is 6.62. The molecule has 1 unspecified atom stereocenters. The van der Waals surface area contributed by atoms with Gasteiger partial charge in [0.05, 0.1) is 0 Å². The minimum Gasteiger partial charge on any atom is -0.351 e. The molecule has 1 aliphatic carbocycles. The lowest BCUT2D eigenvalue weighted by atomic mass is 10.3. The molecule has 1 aromatic heterocycles. The molecule has 1 fully saturated rings. The smallest absolute Gasteiger partial charge is 0.267 e. The van der Waals surface area contributed by atoms with Crippen molar-refractivity contribution >= 4 is 26.7 Å². The lowest BCUT2D eigenvalue weighted by Crippen LogP contribution is -2.27. The molecule has 1 heterocycles. The van der Waals surface area contributed by atoms with Crippen LogP contribution < -0.4 is 10.5 Å². The van der Waals surface area contributed by atoms with Crippen LogP contribution >= 0.6 is 0 Å². The summed E-state index contributed by atoms with van der Waals surface area (Å²) in [6, 6.07) is 1.48. The van der Waals surface area contributed by atoms with E-state index in [9.17, 15) is 17.4 Å². The van der Waals surface area contributed by atoms with Gasteiger partial charge in [0.15, 0.2) is 0 Å². The fourth-order valence-corrected chi connectivity index (χ4v) is 3.10. The zero-order chi connectivity index (χ0) is 15.6. The zero-order valence-corrected chi connectivity index (χ0v) is 13.4. The molecular weight excluding hydrogens is 314 g/mol. The van der Waals surface area contributed by atoms with Crippen LogP contribution in [0.4, 0.5) is 0 Å². The van der Waals surface area contributed by atoms with Crippen molar-refractivity contribution in [2.45, 2.75) is 30.2 Å². The van der Waals surface area contributed by atoms with E-state index < -0.39 is 20.8 Å². The minimum atomic E-state index is -3.82. The summed E-state index contributed by atoms with van der Waals surface area (Å²) in [4.78, 5) is 12.1. The van der Waals surface area contributed by atoms with Crippen LogP contribution in [-0.2, 0) is 20.8 Å². The molecule has 0 aliphatic heterocycles. The molecule has 1 atom stereocenters. The van der Waals surface area contributed by atoms with Crippen LogP contribution in [0.25, 0.3) is 0 Å². The Morgan fingerprint density at radius 2 is 2.19 bits per heavy atom. The molecule has 1 amide bonds. The second-order valence-electron chi connectivity index (χ2n) is 5.13. The van der Waals surface area contributed by atoms with Gasteiger partial charge in [-0.05, 0) is 25.3 Å². The van der Waals surface area contributed by atoms with Gasteiger partial charge < -0.3 is 9.88 Å². The van der Waals surface area contributed by atoms with Gasteiger partial charge in [0.25, 0.3) is 5.91 Å². The van der Waals surface area contributed by atoms with Crippen LogP contribution in [0.3, 0.4) is 0 Å². The van der Waals surface area contributed by atoms with Gasteiger partial charge >= 0.3 is 0 Å². The maximum atomic E-state index is 12.1. The van der Waals surface area contributed by atoms with E-state index >= 15 is 0 Å². The quantitative estimate of drug-likeness (QED) is 0.682. The SMILES string of the molecule is CS(=O)CCCNC(=O)c1cc(S(N)(=O)=O)cn1C1CC1. The fraction of sp³-hybridized carbons (Fsp3) is 0.583. The van der Waals surface area contributed by atoms with E-state index in [4.69, 9.17) is 5.14 Å². The van der Waals surface area contributed by atoms with Crippen LogP contribution in [-0.4, -0.2) is 41.7 Å². The Hall–Kier alpha value is -1.19. The number of hydrogen-bond donors (Lipinski definition) is 2. The standard InChI is InChI=1S/C12H19N3O4S2/c1-20(17)6-2-5-14-12(16)11-7-10(21(13,18)19)8-15(11)9-3-4-9/h7-9H,2-6H2,1H3,(H,14,16)(H2,13,18,19). The number of hydrogen-bond acceptors (Lipinski definition) is 4. The molecule has 1 aliphatic rings. The van der Waals surface area contributed by atoms with E-state index in [0.717, 1.165) is 12.8 Å². The Labute approximate surface area is 126 Å². The van der Waals surface area contributed by atoms with Gasteiger partial charge in [-0.15, -0.1) is 0 Å². The first-order valence-corrected chi connectivity index (χ1v) is 9.89. The Morgan fingerprint density at radius 3 is 2.71 bits per heavy atom. The summed E-state index contributed by atoms with van der Waals surface area (Å²) in [5, 5.41) is 7.82. The predicted octanol–water partition coefficient (Wildman–Crippen LogP) is -0.0312. The number of rotatable bonds is 7. The molecule has 0 saturated heterocycles. The number of carbonyl (C=O) groups excluding carboxylic acids is 1. The normalized spacial score (nSPS) is 16.7. The van der Waals surface area contributed by atoms with Crippen molar-refractivity contribution in [2.75, 3.05) is 18.6 Å². The molecule has 118 valence electrons. The Kier molecular flexibility index (Phi) is 4.84. The second kappa shape index (κ2) is 6.29. The molecular formula is C12H19N3O4S2. The van der Waals surface area contributed by atoms with Crippen LogP contribution in [0.5, 0.6) is 0 Å². The Bertz CT molecular complexity index is 662. The molecule has 3 N–H and O–H groups in total. The molecule has 0 aromatic carbocycles. The maximum Gasteiger partial charge on any atom is 0.267 e. The molecule has 21 heavy (non-hydrogen) atoms. The van der Waals surface area contributed by atoms with Crippen molar-refractivity contribution in [3.8, 4) is 0 Å². The summed E-state index contributed by atoms with van der Waals surface area (Å²) in [5.41, 5.74) is 0.305. The summed E-state index contributed by atoms with van der Waals surface area (Å²) >= 11 is 0. The summed E-state index contributed by atoms with van der Waals surface area (Å²) in [6.45, 7) is 0.402. The molecule has 7 nitrogen and oxygen atoms in total. The lowest BCUT2D eigenvalue weighted by molar-refractivity contribution is 0.0944. The van der Waals surface area contributed by atoms with E-state index in [0.29, 0.717) is 24.4 Å². The van der Waals surface area contributed by atoms with Crippen LogP contribution in [0, 0.1) is 0 Å². The minimum absolute atomic E-state index is 0.0470. The number of nitrogens with zero attached hydrogens (tertiary/aromatic N) is 1. The summed E-state index contributed by atoms with van der Waals surface area (Å²) < 4.78 is 35.4. The Morgan fingerprint density at radius 1 is 1.52 bits per heavy atom. The van der Waals surface area contributed by atoms with Gasteiger partial charge in [0.1, 0.15) is 10.6 Å². The van der Waals surface area contributed by atoms with Crippen LogP contribution in [0.2, 0.25) is 0 Å². The molecule has 1 saturated carbocycles. The van der Waals surface area contributed by atoms with Gasteiger partial charge in [0, 0.05) is 41.6 Å². The van der Waals surface area contributed by atoms with Gasteiger partial charge in [-0.25, -0.2) is 13.6 Å². The van der Waals surface area contributed by atoms with E-state index in [-0.39, 0.29) is 16.8 Å². The van der Waals surface area contributed by atoms with Crippen molar-refractivity contribution in [2.24, 2.45) is 5.14 Å². The monoisotopic (exact) mass is 333 g/mol. The average molecular weight is 333 g/mol. The molecule has 0 bridgehead atoms. The van der Waals surface area contributed by atoms with E-state index in [2.05, 4.69) is 5.32 Å². The third kappa shape index (κ3) is 4.39.